The highest BCUT2D eigenvalue weighted by atomic mass is 127. The molecule has 0 radical (unpaired) electrons. The van der Waals surface area contributed by atoms with Crippen LogP contribution < -0.4 is 15.4 Å². The van der Waals surface area contributed by atoms with E-state index >= 15 is 0 Å². The standard InChI is InChI=1S/C18H25N5O.HI/c1-3-13-24-17-8-6-5-7-16(17)14-22-18(20-4-2)21-10-12-23-11-9-19-15-23;/h3,5-9,11,15H,1,4,10,12-14H2,2H3,(H2,20,21,22);1H. The van der Waals surface area contributed by atoms with Gasteiger partial charge in [-0.2, -0.15) is 0 Å². The topological polar surface area (TPSA) is 63.5 Å². The molecule has 0 spiro atoms. The molecule has 0 bridgehead atoms. The fourth-order valence-corrected chi connectivity index (χ4v) is 2.15. The summed E-state index contributed by atoms with van der Waals surface area (Å²) in [4.78, 5) is 8.67. The van der Waals surface area contributed by atoms with Crippen molar-refractivity contribution in [1.82, 2.24) is 20.2 Å². The van der Waals surface area contributed by atoms with Crippen LogP contribution in [-0.4, -0.2) is 35.2 Å². The van der Waals surface area contributed by atoms with E-state index in [0.717, 1.165) is 36.9 Å². The van der Waals surface area contributed by atoms with Crippen LogP contribution in [0.15, 0.2) is 60.6 Å². The van der Waals surface area contributed by atoms with Gasteiger partial charge in [-0.3, -0.25) is 0 Å². The molecule has 0 atom stereocenters. The van der Waals surface area contributed by atoms with Crippen LogP contribution >= 0.6 is 24.0 Å². The second kappa shape index (κ2) is 12.3. The van der Waals surface area contributed by atoms with Gasteiger partial charge in [0.15, 0.2) is 5.96 Å². The first-order chi connectivity index (χ1) is 11.8. The van der Waals surface area contributed by atoms with Crippen molar-refractivity contribution in [2.75, 3.05) is 19.7 Å². The summed E-state index contributed by atoms with van der Waals surface area (Å²) in [5.74, 6) is 1.63. The van der Waals surface area contributed by atoms with Crippen molar-refractivity contribution in [1.29, 1.82) is 0 Å². The molecule has 25 heavy (non-hydrogen) atoms. The van der Waals surface area contributed by atoms with Crippen molar-refractivity contribution in [3.05, 3.63) is 61.2 Å². The molecule has 0 saturated carbocycles. The molecule has 2 N–H and O–H groups in total. The van der Waals surface area contributed by atoms with Crippen molar-refractivity contribution < 1.29 is 4.74 Å². The Morgan fingerprint density at radius 2 is 2.20 bits per heavy atom. The minimum absolute atomic E-state index is 0. The van der Waals surface area contributed by atoms with E-state index in [9.17, 15) is 0 Å². The summed E-state index contributed by atoms with van der Waals surface area (Å²) in [5, 5.41) is 6.58. The number of aromatic nitrogens is 2. The summed E-state index contributed by atoms with van der Waals surface area (Å²) in [6.07, 6.45) is 7.26. The predicted molar refractivity (Wildman–Crippen MR) is 113 cm³/mol. The highest BCUT2D eigenvalue weighted by molar-refractivity contribution is 14.0. The Morgan fingerprint density at radius 1 is 1.36 bits per heavy atom. The molecule has 0 unspecified atom stereocenters. The second-order valence-electron chi connectivity index (χ2n) is 5.13. The summed E-state index contributed by atoms with van der Waals surface area (Å²) >= 11 is 0. The Balaban J connectivity index is 0.00000312. The van der Waals surface area contributed by atoms with Crippen LogP contribution in [0.5, 0.6) is 5.75 Å². The number of aliphatic imine (C=N–C) groups is 1. The number of para-hydroxylation sites is 1. The number of benzene rings is 1. The van der Waals surface area contributed by atoms with Crippen molar-refractivity contribution in [3.63, 3.8) is 0 Å². The maximum atomic E-state index is 5.67. The first-order valence-electron chi connectivity index (χ1n) is 8.13. The Kier molecular flexibility index (Phi) is 10.4. The van der Waals surface area contributed by atoms with Gasteiger partial charge in [-0.05, 0) is 13.0 Å². The molecule has 1 aromatic heterocycles. The Morgan fingerprint density at radius 3 is 2.92 bits per heavy atom. The molecule has 0 aliphatic heterocycles. The lowest BCUT2D eigenvalue weighted by atomic mass is 10.2. The van der Waals surface area contributed by atoms with Crippen LogP contribution in [0.2, 0.25) is 0 Å². The number of nitrogens with one attached hydrogen (secondary N) is 2. The van der Waals surface area contributed by atoms with Crippen LogP contribution in [0.25, 0.3) is 0 Å². The molecule has 0 aliphatic rings. The van der Waals surface area contributed by atoms with Gasteiger partial charge in [0.25, 0.3) is 0 Å². The quantitative estimate of drug-likeness (QED) is 0.264. The summed E-state index contributed by atoms with van der Waals surface area (Å²) < 4.78 is 7.69. The van der Waals surface area contributed by atoms with Crippen LogP contribution in [0.4, 0.5) is 0 Å². The van der Waals surface area contributed by atoms with Crippen LogP contribution in [0.1, 0.15) is 12.5 Å². The molecule has 1 aromatic carbocycles. The first kappa shape index (κ1) is 21.0. The SMILES string of the molecule is C=CCOc1ccccc1CN=C(NCC)NCCn1ccnc1.I. The van der Waals surface area contributed by atoms with Gasteiger partial charge >= 0.3 is 0 Å². The summed E-state index contributed by atoms with van der Waals surface area (Å²) in [5.41, 5.74) is 1.05. The van der Waals surface area contributed by atoms with E-state index in [1.54, 1.807) is 18.6 Å². The van der Waals surface area contributed by atoms with Gasteiger partial charge in [0.2, 0.25) is 0 Å². The fraction of sp³-hybridized carbons (Fsp3) is 0.333. The third-order valence-electron chi connectivity index (χ3n) is 3.30. The highest BCUT2D eigenvalue weighted by Gasteiger charge is 2.03. The molecule has 2 rings (SSSR count). The molecule has 7 heteroatoms. The van der Waals surface area contributed by atoms with Gasteiger partial charge in [0.05, 0.1) is 12.9 Å². The second-order valence-corrected chi connectivity index (χ2v) is 5.13. The van der Waals surface area contributed by atoms with E-state index in [-0.39, 0.29) is 24.0 Å². The van der Waals surface area contributed by atoms with Crippen LogP contribution in [-0.2, 0) is 13.1 Å². The molecule has 136 valence electrons. The zero-order chi connectivity index (χ0) is 17.0. The Labute approximate surface area is 166 Å². The van der Waals surface area contributed by atoms with Crippen molar-refractivity contribution in [3.8, 4) is 5.75 Å². The lowest BCUT2D eigenvalue weighted by Crippen LogP contribution is -2.38. The minimum atomic E-state index is 0. The van der Waals surface area contributed by atoms with Gasteiger partial charge in [-0.15, -0.1) is 24.0 Å². The van der Waals surface area contributed by atoms with Crippen molar-refractivity contribution in [2.24, 2.45) is 4.99 Å². The zero-order valence-corrected chi connectivity index (χ0v) is 16.8. The number of hydrogen-bond donors (Lipinski definition) is 2. The summed E-state index contributed by atoms with van der Waals surface area (Å²) in [6.45, 7) is 9.19. The van der Waals surface area contributed by atoms with Crippen LogP contribution in [0, 0.1) is 0 Å². The number of imidazole rings is 1. The maximum Gasteiger partial charge on any atom is 0.191 e. The van der Waals surface area contributed by atoms with E-state index in [4.69, 9.17) is 4.74 Å². The average molecular weight is 455 g/mol. The predicted octanol–water partition coefficient (Wildman–Crippen LogP) is 2.82. The molecule has 0 fully saturated rings. The zero-order valence-electron chi connectivity index (χ0n) is 14.5. The van der Waals surface area contributed by atoms with Gasteiger partial charge < -0.3 is 19.9 Å². The number of hydrogen-bond acceptors (Lipinski definition) is 3. The highest BCUT2D eigenvalue weighted by Crippen LogP contribution is 2.18. The van der Waals surface area contributed by atoms with E-state index in [1.165, 1.54) is 0 Å². The fourth-order valence-electron chi connectivity index (χ4n) is 2.15. The molecular weight excluding hydrogens is 429 g/mol. The lowest BCUT2D eigenvalue weighted by molar-refractivity contribution is 0.359. The molecule has 1 heterocycles. The normalized spacial score (nSPS) is 10.7. The largest absolute Gasteiger partial charge is 0.489 e. The van der Waals surface area contributed by atoms with Gasteiger partial charge in [-0.25, -0.2) is 9.98 Å². The molecule has 0 saturated heterocycles. The number of guanidine groups is 1. The first-order valence-corrected chi connectivity index (χ1v) is 8.13. The lowest BCUT2D eigenvalue weighted by Gasteiger charge is -2.13. The Hall–Kier alpha value is -2.03. The summed E-state index contributed by atoms with van der Waals surface area (Å²) in [7, 11) is 0. The number of rotatable bonds is 9. The number of ether oxygens (including phenoxy) is 1. The van der Waals surface area contributed by atoms with E-state index in [1.807, 2.05) is 42.0 Å². The Bertz CT molecular complexity index is 643. The molecule has 2 aromatic rings. The minimum Gasteiger partial charge on any atom is -0.489 e. The van der Waals surface area contributed by atoms with Gasteiger partial charge in [0.1, 0.15) is 12.4 Å². The third-order valence-corrected chi connectivity index (χ3v) is 3.30. The monoisotopic (exact) mass is 455 g/mol. The van der Waals surface area contributed by atoms with Crippen molar-refractivity contribution in [2.45, 2.75) is 20.0 Å². The average Bonchev–Trinajstić information content (AvgIpc) is 3.12. The van der Waals surface area contributed by atoms with Gasteiger partial charge in [-0.1, -0.05) is 30.9 Å². The van der Waals surface area contributed by atoms with E-state index < -0.39 is 0 Å². The van der Waals surface area contributed by atoms with Gasteiger partial charge in [0, 0.05) is 37.6 Å². The van der Waals surface area contributed by atoms with E-state index in [2.05, 4.69) is 27.2 Å². The molecule has 0 amide bonds. The van der Waals surface area contributed by atoms with E-state index in [0.29, 0.717) is 13.2 Å². The molecule has 6 nitrogen and oxygen atoms in total. The van der Waals surface area contributed by atoms with Crippen LogP contribution in [0.3, 0.4) is 0 Å². The number of nitrogens with zero attached hydrogens (tertiary/aromatic N) is 3. The summed E-state index contributed by atoms with van der Waals surface area (Å²) in [6, 6.07) is 7.93. The number of halogens is 1. The molecule has 0 aliphatic carbocycles. The maximum absolute atomic E-state index is 5.67. The van der Waals surface area contributed by atoms with Crippen molar-refractivity contribution >= 4 is 29.9 Å². The molecular formula is C18H26IN5O. The smallest absolute Gasteiger partial charge is 0.191 e. The third kappa shape index (κ3) is 7.59.